The lowest BCUT2D eigenvalue weighted by molar-refractivity contribution is 0.415. The highest BCUT2D eigenvalue weighted by Gasteiger charge is 1.88. The van der Waals surface area contributed by atoms with Crippen molar-refractivity contribution in [3.8, 4) is 17.6 Å². The van der Waals surface area contributed by atoms with Crippen LogP contribution >= 0.6 is 0 Å². The molecular formula is C10H12O. The number of ether oxygens (including phenoxy) is 1. The molecule has 1 aromatic rings. The molecule has 0 aliphatic heterocycles. The van der Waals surface area contributed by atoms with E-state index in [9.17, 15) is 0 Å². The van der Waals surface area contributed by atoms with Crippen LogP contribution in [0.1, 0.15) is 13.9 Å². The summed E-state index contributed by atoms with van der Waals surface area (Å²) in [6, 6.07) is 7.68. The van der Waals surface area contributed by atoms with Gasteiger partial charge in [-0.2, -0.15) is 0 Å². The van der Waals surface area contributed by atoms with Gasteiger partial charge in [0.1, 0.15) is 5.75 Å². The van der Waals surface area contributed by atoms with Crippen molar-refractivity contribution >= 4 is 0 Å². The maximum absolute atomic E-state index is 5.00. The SMILES string of the molecule is CC#Cc1ccc(OC)cc1.[HH]. The predicted octanol–water partition coefficient (Wildman–Crippen LogP) is 2.31. The standard InChI is InChI=1S/C10H10O.H2/c1-3-4-9-5-7-10(11-2)8-6-9;/h5-8H,1-2H3;1H. The van der Waals surface area contributed by atoms with Crippen molar-refractivity contribution in [3.63, 3.8) is 0 Å². The van der Waals surface area contributed by atoms with Crippen LogP contribution in [0.3, 0.4) is 0 Å². The van der Waals surface area contributed by atoms with Crippen LogP contribution in [0.2, 0.25) is 0 Å². The third-order valence-electron chi connectivity index (χ3n) is 1.36. The van der Waals surface area contributed by atoms with E-state index in [1.165, 1.54) is 0 Å². The molecule has 0 saturated carbocycles. The number of benzene rings is 1. The number of hydrogen-bond acceptors (Lipinski definition) is 1. The third-order valence-corrected chi connectivity index (χ3v) is 1.36. The molecule has 0 spiro atoms. The summed E-state index contributed by atoms with van der Waals surface area (Å²) in [5.74, 6) is 6.65. The lowest BCUT2D eigenvalue weighted by Gasteiger charge is -1.96. The summed E-state index contributed by atoms with van der Waals surface area (Å²) in [7, 11) is 1.65. The number of methoxy groups -OCH3 is 1. The van der Waals surface area contributed by atoms with Crippen LogP contribution in [0.4, 0.5) is 0 Å². The Balaban J connectivity index is 0.00000121. The Hall–Kier alpha value is -1.42. The summed E-state index contributed by atoms with van der Waals surface area (Å²) in [6.07, 6.45) is 0. The quantitative estimate of drug-likeness (QED) is 0.555. The highest BCUT2D eigenvalue weighted by atomic mass is 16.5. The van der Waals surface area contributed by atoms with E-state index in [1.54, 1.807) is 7.11 Å². The lowest BCUT2D eigenvalue weighted by Crippen LogP contribution is -1.81. The van der Waals surface area contributed by atoms with Crippen molar-refractivity contribution in [1.29, 1.82) is 0 Å². The molecular weight excluding hydrogens is 136 g/mol. The van der Waals surface area contributed by atoms with Crippen LogP contribution in [0.15, 0.2) is 24.3 Å². The van der Waals surface area contributed by atoms with Crippen LogP contribution in [0.5, 0.6) is 5.75 Å². The van der Waals surface area contributed by atoms with E-state index in [2.05, 4.69) is 11.8 Å². The largest absolute Gasteiger partial charge is 0.497 e. The van der Waals surface area contributed by atoms with Gasteiger partial charge in [-0.05, 0) is 31.2 Å². The molecule has 0 aliphatic carbocycles. The van der Waals surface area contributed by atoms with Gasteiger partial charge in [-0.25, -0.2) is 0 Å². The van der Waals surface area contributed by atoms with Gasteiger partial charge in [-0.15, -0.1) is 5.92 Å². The summed E-state index contributed by atoms with van der Waals surface area (Å²) in [4.78, 5) is 0. The normalized spacial score (nSPS) is 8.18. The third kappa shape index (κ3) is 2.01. The van der Waals surface area contributed by atoms with Crippen LogP contribution < -0.4 is 4.74 Å². The zero-order valence-corrected chi connectivity index (χ0v) is 6.72. The number of hydrogen-bond donors (Lipinski definition) is 0. The molecule has 0 fully saturated rings. The monoisotopic (exact) mass is 148 g/mol. The fraction of sp³-hybridized carbons (Fsp3) is 0.200. The Morgan fingerprint density at radius 2 is 1.91 bits per heavy atom. The van der Waals surface area contributed by atoms with Gasteiger partial charge in [0.15, 0.2) is 0 Å². The van der Waals surface area contributed by atoms with Crippen molar-refractivity contribution in [2.75, 3.05) is 7.11 Å². The summed E-state index contributed by atoms with van der Waals surface area (Å²) < 4.78 is 5.00. The molecule has 1 heteroatoms. The first-order chi connectivity index (χ1) is 5.36. The Morgan fingerprint density at radius 3 is 2.36 bits per heavy atom. The van der Waals surface area contributed by atoms with E-state index < -0.39 is 0 Å². The molecule has 11 heavy (non-hydrogen) atoms. The molecule has 0 amide bonds. The molecule has 0 heterocycles. The lowest BCUT2D eigenvalue weighted by atomic mass is 10.2. The first-order valence-corrected chi connectivity index (χ1v) is 3.43. The van der Waals surface area contributed by atoms with E-state index in [0.29, 0.717) is 0 Å². The Bertz CT molecular complexity index is 279. The molecule has 0 unspecified atom stereocenters. The summed E-state index contributed by atoms with van der Waals surface area (Å²) >= 11 is 0. The first-order valence-electron chi connectivity index (χ1n) is 3.43. The molecule has 0 radical (unpaired) electrons. The topological polar surface area (TPSA) is 9.23 Å². The minimum Gasteiger partial charge on any atom is -0.497 e. The van der Waals surface area contributed by atoms with E-state index in [4.69, 9.17) is 4.74 Å². The van der Waals surface area contributed by atoms with E-state index in [-0.39, 0.29) is 1.43 Å². The summed E-state index contributed by atoms with van der Waals surface area (Å²) in [6.45, 7) is 1.82. The number of rotatable bonds is 1. The van der Waals surface area contributed by atoms with Gasteiger partial charge in [0.25, 0.3) is 0 Å². The zero-order valence-electron chi connectivity index (χ0n) is 6.72. The van der Waals surface area contributed by atoms with Gasteiger partial charge in [-0.3, -0.25) is 0 Å². The van der Waals surface area contributed by atoms with E-state index in [1.807, 2.05) is 31.2 Å². The molecule has 0 N–H and O–H groups in total. The van der Waals surface area contributed by atoms with Gasteiger partial charge in [0, 0.05) is 6.99 Å². The highest BCUT2D eigenvalue weighted by molar-refractivity contribution is 5.37. The second-order valence-corrected chi connectivity index (χ2v) is 2.10. The van der Waals surface area contributed by atoms with Gasteiger partial charge in [0.05, 0.1) is 7.11 Å². The van der Waals surface area contributed by atoms with Gasteiger partial charge >= 0.3 is 0 Å². The molecule has 0 saturated heterocycles. The average molecular weight is 148 g/mol. The molecule has 0 atom stereocenters. The second kappa shape index (κ2) is 3.68. The minimum absolute atomic E-state index is 0. The predicted molar refractivity (Wildman–Crippen MR) is 47.7 cm³/mol. The first kappa shape index (κ1) is 7.68. The van der Waals surface area contributed by atoms with Crippen molar-refractivity contribution in [3.05, 3.63) is 29.8 Å². The maximum Gasteiger partial charge on any atom is 0.118 e. The summed E-state index contributed by atoms with van der Waals surface area (Å²) in [5.41, 5.74) is 1.02. The van der Waals surface area contributed by atoms with Gasteiger partial charge in [0.2, 0.25) is 0 Å². The molecule has 1 rings (SSSR count). The molecule has 58 valence electrons. The molecule has 0 bridgehead atoms. The highest BCUT2D eigenvalue weighted by Crippen LogP contribution is 2.09. The molecule has 0 aromatic heterocycles. The Morgan fingerprint density at radius 1 is 1.27 bits per heavy atom. The van der Waals surface area contributed by atoms with Crippen molar-refractivity contribution in [2.45, 2.75) is 6.92 Å². The van der Waals surface area contributed by atoms with E-state index >= 15 is 0 Å². The summed E-state index contributed by atoms with van der Waals surface area (Å²) in [5, 5.41) is 0. The maximum atomic E-state index is 5.00. The zero-order chi connectivity index (χ0) is 8.10. The van der Waals surface area contributed by atoms with Crippen LogP contribution in [0.25, 0.3) is 0 Å². The smallest absolute Gasteiger partial charge is 0.118 e. The Kier molecular flexibility index (Phi) is 2.57. The fourth-order valence-corrected chi connectivity index (χ4v) is 0.819. The molecule has 0 aliphatic rings. The molecule has 1 aromatic carbocycles. The van der Waals surface area contributed by atoms with Crippen LogP contribution in [-0.4, -0.2) is 7.11 Å². The van der Waals surface area contributed by atoms with Crippen molar-refractivity contribution in [1.82, 2.24) is 0 Å². The van der Waals surface area contributed by atoms with Crippen molar-refractivity contribution < 1.29 is 6.16 Å². The van der Waals surface area contributed by atoms with Crippen LogP contribution in [0, 0.1) is 11.8 Å². The van der Waals surface area contributed by atoms with Crippen LogP contribution in [-0.2, 0) is 0 Å². The van der Waals surface area contributed by atoms with Crippen molar-refractivity contribution in [2.24, 2.45) is 0 Å². The van der Waals surface area contributed by atoms with Gasteiger partial charge < -0.3 is 4.74 Å². The van der Waals surface area contributed by atoms with Gasteiger partial charge in [-0.1, -0.05) is 5.92 Å². The molecule has 1 nitrogen and oxygen atoms in total. The second-order valence-electron chi connectivity index (χ2n) is 2.10. The minimum atomic E-state index is 0. The Labute approximate surface area is 68.5 Å². The average Bonchev–Trinajstić information content (AvgIpc) is 2.07. The fourth-order valence-electron chi connectivity index (χ4n) is 0.819. The van der Waals surface area contributed by atoms with E-state index in [0.717, 1.165) is 11.3 Å².